The van der Waals surface area contributed by atoms with Crippen LogP contribution in [0.2, 0.25) is 0 Å². The molecule has 1 fully saturated rings. The zero-order valence-corrected chi connectivity index (χ0v) is 11.9. The van der Waals surface area contributed by atoms with Gasteiger partial charge in [-0.25, -0.2) is 0 Å². The molecule has 2 rings (SSSR count). The van der Waals surface area contributed by atoms with Crippen molar-refractivity contribution in [1.82, 2.24) is 0 Å². The van der Waals surface area contributed by atoms with Crippen LogP contribution in [0.4, 0.5) is 0 Å². The number of hydrogen-bond acceptors (Lipinski definition) is 4. The van der Waals surface area contributed by atoms with Crippen molar-refractivity contribution in [1.29, 1.82) is 0 Å². The predicted octanol–water partition coefficient (Wildman–Crippen LogP) is 2.24. The van der Waals surface area contributed by atoms with Gasteiger partial charge in [-0.3, -0.25) is 0 Å². The van der Waals surface area contributed by atoms with Gasteiger partial charge in [-0.05, 0) is 52.4 Å². The molecular formula is C13H18BrNO3. The van der Waals surface area contributed by atoms with Crippen molar-refractivity contribution in [3.63, 3.8) is 0 Å². The molecule has 1 aromatic rings. The normalized spacial score (nSPS) is 16.4. The van der Waals surface area contributed by atoms with E-state index in [2.05, 4.69) is 15.9 Å². The largest absolute Gasteiger partial charge is 0.492 e. The van der Waals surface area contributed by atoms with Gasteiger partial charge in [0.15, 0.2) is 11.5 Å². The van der Waals surface area contributed by atoms with Gasteiger partial charge in [-0.2, -0.15) is 0 Å². The maximum Gasteiger partial charge on any atom is 0.174 e. The van der Waals surface area contributed by atoms with Gasteiger partial charge in [0.2, 0.25) is 0 Å². The van der Waals surface area contributed by atoms with Crippen molar-refractivity contribution >= 4 is 15.9 Å². The number of rotatable bonds is 6. The summed E-state index contributed by atoms with van der Waals surface area (Å²) in [5.41, 5.74) is 6.20. The maximum absolute atomic E-state index is 9.79. The summed E-state index contributed by atoms with van der Waals surface area (Å²) in [6, 6.07) is 3.60. The van der Waals surface area contributed by atoms with Gasteiger partial charge < -0.3 is 20.3 Å². The molecule has 0 radical (unpaired) electrons. The van der Waals surface area contributed by atoms with E-state index in [1.807, 2.05) is 0 Å². The van der Waals surface area contributed by atoms with Gasteiger partial charge in [0.25, 0.3) is 0 Å². The van der Waals surface area contributed by atoms with Gasteiger partial charge >= 0.3 is 0 Å². The van der Waals surface area contributed by atoms with Crippen molar-refractivity contribution < 1.29 is 14.6 Å². The van der Waals surface area contributed by atoms with Crippen molar-refractivity contribution in [3.05, 3.63) is 22.2 Å². The van der Waals surface area contributed by atoms with Crippen LogP contribution in [0, 0.1) is 5.92 Å². The van der Waals surface area contributed by atoms with Crippen LogP contribution in [0.1, 0.15) is 24.5 Å². The van der Waals surface area contributed by atoms with Crippen LogP contribution in [0.5, 0.6) is 11.5 Å². The fourth-order valence-corrected chi connectivity index (χ4v) is 2.34. The molecule has 5 heteroatoms. The number of aliphatic hydroxyl groups is 1. The highest BCUT2D eigenvalue weighted by Crippen LogP contribution is 2.39. The Morgan fingerprint density at radius 1 is 1.50 bits per heavy atom. The fourth-order valence-electron chi connectivity index (χ4n) is 1.71. The first-order valence-electron chi connectivity index (χ1n) is 6.04. The lowest BCUT2D eigenvalue weighted by Gasteiger charge is -2.16. The molecule has 18 heavy (non-hydrogen) atoms. The SMILES string of the molecule is COc1c(Br)cc(C(O)CN)cc1OCC1CC1. The molecule has 0 spiro atoms. The topological polar surface area (TPSA) is 64.7 Å². The minimum atomic E-state index is -0.685. The van der Waals surface area contributed by atoms with Gasteiger partial charge in [0.05, 0.1) is 24.3 Å². The average molecular weight is 316 g/mol. The van der Waals surface area contributed by atoms with Crippen molar-refractivity contribution in [2.45, 2.75) is 18.9 Å². The number of methoxy groups -OCH3 is 1. The first kappa shape index (κ1) is 13.6. The zero-order chi connectivity index (χ0) is 13.1. The molecule has 100 valence electrons. The van der Waals surface area contributed by atoms with E-state index in [0.717, 1.165) is 10.0 Å². The summed E-state index contributed by atoms with van der Waals surface area (Å²) in [7, 11) is 1.60. The van der Waals surface area contributed by atoms with Crippen LogP contribution >= 0.6 is 15.9 Å². The fraction of sp³-hybridized carbons (Fsp3) is 0.538. The second-order valence-electron chi connectivity index (χ2n) is 4.54. The van der Waals surface area contributed by atoms with E-state index < -0.39 is 6.10 Å². The predicted molar refractivity (Wildman–Crippen MR) is 72.9 cm³/mol. The van der Waals surface area contributed by atoms with E-state index in [1.165, 1.54) is 12.8 Å². The molecule has 1 aliphatic carbocycles. The first-order chi connectivity index (χ1) is 8.65. The number of halogens is 1. The second-order valence-corrected chi connectivity index (χ2v) is 5.39. The van der Waals surface area contributed by atoms with E-state index in [-0.39, 0.29) is 6.54 Å². The molecule has 1 aliphatic rings. The Morgan fingerprint density at radius 3 is 2.78 bits per heavy atom. The highest BCUT2D eigenvalue weighted by Gasteiger charge is 2.23. The van der Waals surface area contributed by atoms with Crippen molar-refractivity contribution in [3.8, 4) is 11.5 Å². The van der Waals surface area contributed by atoms with Gasteiger partial charge in [0.1, 0.15) is 0 Å². The summed E-state index contributed by atoms with van der Waals surface area (Å²) in [5.74, 6) is 1.97. The summed E-state index contributed by atoms with van der Waals surface area (Å²) in [5, 5.41) is 9.79. The monoisotopic (exact) mass is 315 g/mol. The Labute approximate surface area is 115 Å². The molecule has 3 N–H and O–H groups in total. The minimum Gasteiger partial charge on any atom is -0.492 e. The van der Waals surface area contributed by atoms with E-state index in [0.29, 0.717) is 24.0 Å². The standard InChI is InChI=1S/C13H18BrNO3/c1-17-13-10(14)4-9(11(16)6-15)5-12(13)18-7-8-2-3-8/h4-5,8,11,16H,2-3,6-7,15H2,1H3. The summed E-state index contributed by atoms with van der Waals surface area (Å²) >= 11 is 3.42. The quantitative estimate of drug-likeness (QED) is 0.845. The minimum absolute atomic E-state index is 0.181. The molecule has 1 aromatic carbocycles. The van der Waals surface area contributed by atoms with Crippen LogP contribution in [0.25, 0.3) is 0 Å². The maximum atomic E-state index is 9.79. The zero-order valence-electron chi connectivity index (χ0n) is 10.4. The van der Waals surface area contributed by atoms with Gasteiger partial charge in [0, 0.05) is 6.54 Å². The van der Waals surface area contributed by atoms with Crippen LogP contribution in [0.15, 0.2) is 16.6 Å². The number of benzene rings is 1. The van der Waals surface area contributed by atoms with E-state index in [9.17, 15) is 5.11 Å². The van der Waals surface area contributed by atoms with Gasteiger partial charge in [-0.15, -0.1) is 0 Å². The molecule has 1 saturated carbocycles. The highest BCUT2D eigenvalue weighted by molar-refractivity contribution is 9.10. The molecule has 0 saturated heterocycles. The smallest absolute Gasteiger partial charge is 0.174 e. The van der Waals surface area contributed by atoms with E-state index in [1.54, 1.807) is 19.2 Å². The third-order valence-electron chi connectivity index (χ3n) is 3.02. The van der Waals surface area contributed by atoms with Crippen LogP contribution in [-0.2, 0) is 0 Å². The summed E-state index contributed by atoms with van der Waals surface area (Å²) in [6.45, 7) is 0.881. The second kappa shape index (κ2) is 5.91. The Morgan fingerprint density at radius 2 is 2.22 bits per heavy atom. The van der Waals surface area contributed by atoms with E-state index in [4.69, 9.17) is 15.2 Å². The molecule has 0 heterocycles. The number of hydrogen-bond donors (Lipinski definition) is 2. The molecule has 1 atom stereocenters. The number of nitrogens with two attached hydrogens (primary N) is 1. The third-order valence-corrected chi connectivity index (χ3v) is 3.60. The highest BCUT2D eigenvalue weighted by atomic mass is 79.9. The summed E-state index contributed by atoms with van der Waals surface area (Å²) in [4.78, 5) is 0. The molecule has 0 amide bonds. The van der Waals surface area contributed by atoms with Crippen LogP contribution < -0.4 is 15.2 Å². The molecule has 1 unspecified atom stereocenters. The molecule has 0 aromatic heterocycles. The molecule has 0 aliphatic heterocycles. The van der Waals surface area contributed by atoms with E-state index >= 15 is 0 Å². The lowest BCUT2D eigenvalue weighted by molar-refractivity contribution is 0.185. The number of ether oxygens (including phenoxy) is 2. The van der Waals surface area contributed by atoms with Crippen molar-refractivity contribution in [2.24, 2.45) is 11.7 Å². The lowest BCUT2D eigenvalue weighted by atomic mass is 10.1. The summed E-state index contributed by atoms with van der Waals surface area (Å²) < 4.78 is 11.8. The Hall–Kier alpha value is -0.780. The summed E-state index contributed by atoms with van der Waals surface area (Å²) in [6.07, 6.45) is 1.78. The lowest BCUT2D eigenvalue weighted by Crippen LogP contribution is -2.12. The molecule has 4 nitrogen and oxygen atoms in total. The Balaban J connectivity index is 2.23. The number of aliphatic hydroxyl groups excluding tert-OH is 1. The first-order valence-corrected chi connectivity index (χ1v) is 6.83. The Bertz CT molecular complexity index is 421. The van der Waals surface area contributed by atoms with Crippen LogP contribution in [0.3, 0.4) is 0 Å². The van der Waals surface area contributed by atoms with Gasteiger partial charge in [-0.1, -0.05) is 0 Å². The molecular weight excluding hydrogens is 298 g/mol. The third kappa shape index (κ3) is 3.16. The Kier molecular flexibility index (Phi) is 4.48. The van der Waals surface area contributed by atoms with Crippen LogP contribution in [-0.4, -0.2) is 25.4 Å². The average Bonchev–Trinajstić information content (AvgIpc) is 3.18. The molecule has 0 bridgehead atoms. The van der Waals surface area contributed by atoms with Crippen molar-refractivity contribution in [2.75, 3.05) is 20.3 Å².